The van der Waals surface area contributed by atoms with Crippen molar-refractivity contribution in [2.75, 3.05) is 7.11 Å². The van der Waals surface area contributed by atoms with Gasteiger partial charge >= 0.3 is 0 Å². The van der Waals surface area contributed by atoms with E-state index in [1.807, 2.05) is 13.8 Å². The molecule has 0 unspecified atom stereocenters. The van der Waals surface area contributed by atoms with Crippen LogP contribution in [0.5, 0.6) is 5.75 Å². The van der Waals surface area contributed by atoms with Crippen molar-refractivity contribution in [3.05, 3.63) is 28.8 Å². The highest BCUT2D eigenvalue weighted by Gasteiger charge is 2.07. The number of methoxy groups -OCH3 is 1. The first-order chi connectivity index (χ1) is 7.06. The Labute approximate surface area is 94.5 Å². The van der Waals surface area contributed by atoms with Gasteiger partial charge in [-0.05, 0) is 42.5 Å². The summed E-state index contributed by atoms with van der Waals surface area (Å²) in [4.78, 5) is 0. The molecule has 0 bridgehead atoms. The van der Waals surface area contributed by atoms with Gasteiger partial charge in [-0.15, -0.1) is 0 Å². The molecular weight excluding hydrogens is 184 g/mol. The molecule has 15 heavy (non-hydrogen) atoms. The molecule has 1 rings (SSSR count). The summed E-state index contributed by atoms with van der Waals surface area (Å²) < 4.78 is 5.26. The molecule has 1 aromatic carbocycles. The Bertz CT molecular complexity index is 300. The summed E-state index contributed by atoms with van der Waals surface area (Å²) in [5.74, 6) is 1.58. The Morgan fingerprint density at radius 3 is 1.93 bits per heavy atom. The maximum absolute atomic E-state index is 5.26. The smallest absolute Gasteiger partial charge is 0.122 e. The molecule has 0 amide bonds. The predicted molar refractivity (Wildman–Crippen MR) is 67.9 cm³/mol. The van der Waals surface area contributed by atoms with Gasteiger partial charge in [-0.25, -0.2) is 0 Å². The van der Waals surface area contributed by atoms with Crippen LogP contribution in [0.3, 0.4) is 0 Å². The Balaban J connectivity index is 0.000000921. The fourth-order valence-electron chi connectivity index (χ4n) is 1.65. The van der Waals surface area contributed by atoms with Crippen LogP contribution in [0.1, 0.15) is 50.3 Å². The second kappa shape index (κ2) is 6.49. The van der Waals surface area contributed by atoms with Crippen LogP contribution in [0, 0.1) is 13.8 Å². The fourth-order valence-corrected chi connectivity index (χ4v) is 1.65. The van der Waals surface area contributed by atoms with Crippen molar-refractivity contribution in [1.82, 2.24) is 0 Å². The third-order valence-electron chi connectivity index (χ3n) is 2.41. The van der Waals surface area contributed by atoms with E-state index in [2.05, 4.69) is 39.8 Å². The van der Waals surface area contributed by atoms with Crippen LogP contribution in [0.15, 0.2) is 12.1 Å². The van der Waals surface area contributed by atoms with Crippen molar-refractivity contribution < 1.29 is 4.74 Å². The first-order valence-corrected chi connectivity index (χ1v) is 5.71. The Morgan fingerprint density at radius 2 is 1.53 bits per heavy atom. The van der Waals surface area contributed by atoms with Crippen molar-refractivity contribution in [3.8, 4) is 5.75 Å². The van der Waals surface area contributed by atoms with Gasteiger partial charge in [0.15, 0.2) is 0 Å². The van der Waals surface area contributed by atoms with E-state index < -0.39 is 0 Å². The van der Waals surface area contributed by atoms with Crippen molar-refractivity contribution in [3.63, 3.8) is 0 Å². The quantitative estimate of drug-likeness (QED) is 0.697. The lowest BCUT2D eigenvalue weighted by Crippen LogP contribution is -1.95. The number of hydrogen-bond acceptors (Lipinski definition) is 1. The van der Waals surface area contributed by atoms with E-state index in [-0.39, 0.29) is 0 Å². The molecule has 0 aliphatic rings. The normalized spacial score (nSPS) is 9.60. The van der Waals surface area contributed by atoms with Gasteiger partial charge in [0.05, 0.1) is 7.11 Å². The molecule has 1 nitrogen and oxygen atoms in total. The van der Waals surface area contributed by atoms with Crippen LogP contribution in [0.4, 0.5) is 0 Å². The summed E-state index contributed by atoms with van der Waals surface area (Å²) in [5, 5.41) is 0. The van der Waals surface area contributed by atoms with E-state index in [1.165, 1.54) is 16.7 Å². The van der Waals surface area contributed by atoms with E-state index in [4.69, 9.17) is 4.74 Å². The molecule has 86 valence electrons. The van der Waals surface area contributed by atoms with Gasteiger partial charge in [0, 0.05) is 0 Å². The average Bonchev–Trinajstić information content (AvgIpc) is 2.23. The summed E-state index contributed by atoms with van der Waals surface area (Å²) in [6, 6.07) is 4.34. The third kappa shape index (κ3) is 3.58. The number of aryl methyl sites for hydroxylation is 2. The van der Waals surface area contributed by atoms with Crippen LogP contribution in [0.25, 0.3) is 0 Å². The monoisotopic (exact) mass is 208 g/mol. The third-order valence-corrected chi connectivity index (χ3v) is 2.41. The first-order valence-electron chi connectivity index (χ1n) is 5.71. The van der Waals surface area contributed by atoms with Gasteiger partial charge in [0.1, 0.15) is 5.75 Å². The zero-order chi connectivity index (χ0) is 12.0. The second-order valence-electron chi connectivity index (χ2n) is 3.83. The zero-order valence-electron chi connectivity index (χ0n) is 11.1. The molecular formula is C14H24O. The van der Waals surface area contributed by atoms with E-state index in [9.17, 15) is 0 Å². The van der Waals surface area contributed by atoms with Crippen molar-refractivity contribution in [2.24, 2.45) is 0 Å². The SMILES string of the molecule is CC.COc1cc(C)c(C(C)C)cc1C. The molecule has 0 spiro atoms. The average molecular weight is 208 g/mol. The topological polar surface area (TPSA) is 9.23 Å². The Morgan fingerprint density at radius 1 is 1.00 bits per heavy atom. The maximum Gasteiger partial charge on any atom is 0.122 e. The van der Waals surface area contributed by atoms with Crippen molar-refractivity contribution in [1.29, 1.82) is 0 Å². The number of ether oxygens (including phenoxy) is 1. The molecule has 0 aromatic heterocycles. The summed E-state index contributed by atoms with van der Waals surface area (Å²) in [6.07, 6.45) is 0. The van der Waals surface area contributed by atoms with Gasteiger partial charge < -0.3 is 4.74 Å². The second-order valence-corrected chi connectivity index (χ2v) is 3.83. The molecule has 0 aliphatic heterocycles. The molecule has 0 heterocycles. The molecule has 0 saturated heterocycles. The van der Waals surface area contributed by atoms with Crippen LogP contribution in [0.2, 0.25) is 0 Å². The molecule has 0 atom stereocenters. The van der Waals surface area contributed by atoms with Crippen LogP contribution in [-0.4, -0.2) is 7.11 Å². The number of hydrogen-bond donors (Lipinski definition) is 0. The summed E-state index contributed by atoms with van der Waals surface area (Å²) in [7, 11) is 1.72. The predicted octanol–water partition coefficient (Wildman–Crippen LogP) is 4.46. The highest BCUT2D eigenvalue weighted by atomic mass is 16.5. The minimum atomic E-state index is 0.588. The largest absolute Gasteiger partial charge is 0.496 e. The maximum atomic E-state index is 5.26. The summed E-state index contributed by atoms with van der Waals surface area (Å²) >= 11 is 0. The molecule has 0 radical (unpaired) electrons. The summed E-state index contributed by atoms with van der Waals surface area (Å²) in [6.45, 7) is 12.7. The fraction of sp³-hybridized carbons (Fsp3) is 0.571. The van der Waals surface area contributed by atoms with Crippen LogP contribution < -0.4 is 4.74 Å². The first kappa shape index (κ1) is 14.0. The number of rotatable bonds is 2. The Kier molecular flexibility index (Phi) is 6.07. The van der Waals surface area contributed by atoms with E-state index in [0.29, 0.717) is 5.92 Å². The van der Waals surface area contributed by atoms with Gasteiger partial charge in [-0.1, -0.05) is 33.8 Å². The highest BCUT2D eigenvalue weighted by Crippen LogP contribution is 2.26. The lowest BCUT2D eigenvalue weighted by atomic mass is 9.96. The number of benzene rings is 1. The molecule has 0 saturated carbocycles. The zero-order valence-corrected chi connectivity index (χ0v) is 11.1. The van der Waals surface area contributed by atoms with E-state index in [1.54, 1.807) is 7.11 Å². The van der Waals surface area contributed by atoms with Crippen LogP contribution in [-0.2, 0) is 0 Å². The lowest BCUT2D eigenvalue weighted by molar-refractivity contribution is 0.411. The minimum Gasteiger partial charge on any atom is -0.496 e. The van der Waals surface area contributed by atoms with Crippen molar-refractivity contribution >= 4 is 0 Å². The lowest BCUT2D eigenvalue weighted by Gasteiger charge is -2.13. The van der Waals surface area contributed by atoms with E-state index >= 15 is 0 Å². The molecule has 1 heteroatoms. The molecule has 0 aliphatic carbocycles. The molecule has 0 fully saturated rings. The molecule has 1 aromatic rings. The van der Waals surface area contributed by atoms with Gasteiger partial charge in [0.25, 0.3) is 0 Å². The minimum absolute atomic E-state index is 0.588. The van der Waals surface area contributed by atoms with Gasteiger partial charge in [0.2, 0.25) is 0 Å². The highest BCUT2D eigenvalue weighted by molar-refractivity contribution is 5.42. The van der Waals surface area contributed by atoms with Crippen molar-refractivity contribution in [2.45, 2.75) is 47.5 Å². The summed E-state index contributed by atoms with van der Waals surface area (Å²) in [5.41, 5.74) is 3.95. The molecule has 0 N–H and O–H groups in total. The van der Waals surface area contributed by atoms with Gasteiger partial charge in [-0.2, -0.15) is 0 Å². The van der Waals surface area contributed by atoms with E-state index in [0.717, 1.165) is 5.75 Å². The van der Waals surface area contributed by atoms with Crippen LogP contribution >= 0.6 is 0 Å². The standard InChI is InChI=1S/C12H18O.C2H6/c1-8(2)11-6-10(4)12(13-5)7-9(11)3;1-2/h6-8H,1-5H3;1-2H3. The Hall–Kier alpha value is -0.980. The van der Waals surface area contributed by atoms with Gasteiger partial charge in [-0.3, -0.25) is 0 Å².